The lowest BCUT2D eigenvalue weighted by atomic mass is 10.4. The average molecular weight is 220 g/mol. The molecule has 0 atom stereocenters. The number of hydrogen-bond donors (Lipinski definition) is 1. The van der Waals surface area contributed by atoms with E-state index >= 15 is 0 Å². The lowest BCUT2D eigenvalue weighted by Gasteiger charge is -2.12. The number of anilines is 2. The first-order chi connectivity index (χ1) is 7.50. The molecular formula is C9H12N6O. The van der Waals surface area contributed by atoms with Crippen LogP contribution in [0.2, 0.25) is 0 Å². The summed E-state index contributed by atoms with van der Waals surface area (Å²) >= 11 is 0. The highest BCUT2D eigenvalue weighted by Crippen LogP contribution is 2.16. The monoisotopic (exact) mass is 220 g/mol. The zero-order valence-corrected chi connectivity index (χ0v) is 9.30. The Kier molecular flexibility index (Phi) is 2.22. The molecule has 0 bridgehead atoms. The molecule has 2 heterocycles. The van der Waals surface area contributed by atoms with Gasteiger partial charge in [0.05, 0.1) is 6.20 Å². The van der Waals surface area contributed by atoms with Crippen LogP contribution in [0.1, 0.15) is 0 Å². The summed E-state index contributed by atoms with van der Waals surface area (Å²) in [6, 6.07) is 0. The zero-order valence-electron chi connectivity index (χ0n) is 9.30. The van der Waals surface area contributed by atoms with E-state index in [0.29, 0.717) is 17.1 Å². The van der Waals surface area contributed by atoms with Gasteiger partial charge in [0.2, 0.25) is 5.95 Å². The third kappa shape index (κ3) is 1.46. The fourth-order valence-corrected chi connectivity index (χ4v) is 1.32. The quantitative estimate of drug-likeness (QED) is 0.688. The molecule has 16 heavy (non-hydrogen) atoms. The Labute approximate surface area is 91.6 Å². The standard InChI is InChI=1S/C9H12N6O/c1-14(2)9-12-7(10)6-8(13-9)15(3)5(16)4-11-6/h4H,1-3H3,(H2,10,12,13). The van der Waals surface area contributed by atoms with Gasteiger partial charge in [-0.25, -0.2) is 4.98 Å². The summed E-state index contributed by atoms with van der Waals surface area (Å²) in [5, 5.41) is 0. The van der Waals surface area contributed by atoms with Crippen LogP contribution in [0.3, 0.4) is 0 Å². The molecule has 0 aromatic carbocycles. The van der Waals surface area contributed by atoms with E-state index < -0.39 is 0 Å². The van der Waals surface area contributed by atoms with Crippen molar-refractivity contribution in [2.24, 2.45) is 7.05 Å². The maximum Gasteiger partial charge on any atom is 0.270 e. The highest BCUT2D eigenvalue weighted by Gasteiger charge is 2.10. The molecule has 0 aliphatic carbocycles. The second kappa shape index (κ2) is 3.44. The summed E-state index contributed by atoms with van der Waals surface area (Å²) in [5.41, 5.74) is 6.40. The number of hydrogen-bond acceptors (Lipinski definition) is 6. The van der Waals surface area contributed by atoms with E-state index in [9.17, 15) is 4.79 Å². The molecule has 0 spiro atoms. The Morgan fingerprint density at radius 2 is 2.06 bits per heavy atom. The predicted molar refractivity (Wildman–Crippen MR) is 61.3 cm³/mol. The minimum absolute atomic E-state index is 0.227. The van der Waals surface area contributed by atoms with E-state index in [1.807, 2.05) is 0 Å². The summed E-state index contributed by atoms with van der Waals surface area (Å²) in [7, 11) is 5.22. The first kappa shape index (κ1) is 10.3. The number of rotatable bonds is 1. The number of fused-ring (bicyclic) bond motifs is 1. The van der Waals surface area contributed by atoms with Crippen molar-refractivity contribution in [2.45, 2.75) is 0 Å². The minimum atomic E-state index is -0.227. The minimum Gasteiger partial charge on any atom is -0.382 e. The van der Waals surface area contributed by atoms with E-state index in [-0.39, 0.29) is 11.4 Å². The van der Waals surface area contributed by atoms with Crippen molar-refractivity contribution in [3.05, 3.63) is 16.6 Å². The van der Waals surface area contributed by atoms with Crippen LogP contribution < -0.4 is 16.2 Å². The summed E-state index contributed by atoms with van der Waals surface area (Å²) in [5.74, 6) is 0.720. The van der Waals surface area contributed by atoms with Crippen molar-refractivity contribution in [3.63, 3.8) is 0 Å². The highest BCUT2D eigenvalue weighted by atomic mass is 16.1. The Bertz CT molecular complexity index is 603. The van der Waals surface area contributed by atoms with Crippen molar-refractivity contribution < 1.29 is 0 Å². The Hall–Kier alpha value is -2.18. The Morgan fingerprint density at radius 1 is 1.38 bits per heavy atom. The van der Waals surface area contributed by atoms with Gasteiger partial charge < -0.3 is 10.6 Å². The number of aryl methyl sites for hydroxylation is 1. The van der Waals surface area contributed by atoms with Gasteiger partial charge in [-0.3, -0.25) is 9.36 Å². The van der Waals surface area contributed by atoms with Crippen LogP contribution in [0, 0.1) is 0 Å². The van der Waals surface area contributed by atoms with E-state index in [2.05, 4.69) is 15.0 Å². The molecule has 0 saturated heterocycles. The molecule has 0 amide bonds. The lowest BCUT2D eigenvalue weighted by molar-refractivity contribution is 0.864. The summed E-state index contributed by atoms with van der Waals surface area (Å²) in [4.78, 5) is 25.4. The molecule has 84 valence electrons. The van der Waals surface area contributed by atoms with Gasteiger partial charge in [0, 0.05) is 21.1 Å². The van der Waals surface area contributed by atoms with Crippen LogP contribution in [-0.4, -0.2) is 33.6 Å². The first-order valence-corrected chi connectivity index (χ1v) is 4.67. The number of nitrogen functional groups attached to an aromatic ring is 1. The molecule has 7 heteroatoms. The van der Waals surface area contributed by atoms with Gasteiger partial charge >= 0.3 is 0 Å². The van der Waals surface area contributed by atoms with E-state index in [1.165, 1.54) is 10.8 Å². The molecule has 7 nitrogen and oxygen atoms in total. The molecule has 0 fully saturated rings. The molecule has 2 N–H and O–H groups in total. The largest absolute Gasteiger partial charge is 0.382 e. The SMILES string of the molecule is CN(C)c1nc(N)c2ncc(=O)n(C)c2n1. The summed E-state index contributed by atoms with van der Waals surface area (Å²) < 4.78 is 1.40. The van der Waals surface area contributed by atoms with Crippen LogP contribution in [0.5, 0.6) is 0 Å². The van der Waals surface area contributed by atoms with E-state index in [4.69, 9.17) is 5.73 Å². The van der Waals surface area contributed by atoms with Gasteiger partial charge in [0.1, 0.15) is 5.52 Å². The normalized spacial score (nSPS) is 10.7. The third-order valence-electron chi connectivity index (χ3n) is 2.23. The Morgan fingerprint density at radius 3 is 2.69 bits per heavy atom. The maximum atomic E-state index is 11.4. The van der Waals surface area contributed by atoms with Crippen molar-refractivity contribution in [1.82, 2.24) is 19.5 Å². The highest BCUT2D eigenvalue weighted by molar-refractivity contribution is 5.82. The van der Waals surface area contributed by atoms with Crippen molar-refractivity contribution in [1.29, 1.82) is 0 Å². The van der Waals surface area contributed by atoms with Crippen LogP contribution in [-0.2, 0) is 7.05 Å². The molecule has 0 unspecified atom stereocenters. The predicted octanol–water partition coefficient (Wildman–Crippen LogP) is -0.628. The van der Waals surface area contributed by atoms with Gasteiger partial charge in [-0.2, -0.15) is 9.97 Å². The number of nitrogens with zero attached hydrogens (tertiary/aromatic N) is 5. The molecule has 2 rings (SSSR count). The summed E-state index contributed by atoms with van der Waals surface area (Å²) in [6.45, 7) is 0. The molecule has 2 aromatic heterocycles. The smallest absolute Gasteiger partial charge is 0.270 e. The Balaban J connectivity index is 2.89. The summed E-state index contributed by atoms with van der Waals surface area (Å²) in [6.07, 6.45) is 1.21. The first-order valence-electron chi connectivity index (χ1n) is 4.67. The van der Waals surface area contributed by atoms with Gasteiger partial charge in [-0.15, -0.1) is 0 Å². The fourth-order valence-electron chi connectivity index (χ4n) is 1.32. The zero-order chi connectivity index (χ0) is 11.9. The number of aromatic nitrogens is 4. The molecule has 2 aromatic rings. The topological polar surface area (TPSA) is 89.9 Å². The second-order valence-electron chi connectivity index (χ2n) is 3.63. The van der Waals surface area contributed by atoms with Crippen molar-refractivity contribution in [2.75, 3.05) is 24.7 Å². The van der Waals surface area contributed by atoms with Crippen LogP contribution >= 0.6 is 0 Å². The molecule has 0 aliphatic heterocycles. The van der Waals surface area contributed by atoms with Gasteiger partial charge in [-0.1, -0.05) is 0 Å². The third-order valence-corrected chi connectivity index (χ3v) is 2.23. The van der Waals surface area contributed by atoms with Crippen LogP contribution in [0.25, 0.3) is 11.2 Å². The van der Waals surface area contributed by atoms with Crippen molar-refractivity contribution >= 4 is 22.9 Å². The lowest BCUT2D eigenvalue weighted by Crippen LogP contribution is -2.21. The molecule has 0 aliphatic rings. The van der Waals surface area contributed by atoms with Crippen LogP contribution in [0.4, 0.5) is 11.8 Å². The van der Waals surface area contributed by atoms with Crippen molar-refractivity contribution in [3.8, 4) is 0 Å². The average Bonchev–Trinajstić information content (AvgIpc) is 2.23. The van der Waals surface area contributed by atoms with Gasteiger partial charge in [0.25, 0.3) is 5.56 Å². The molecule has 0 saturated carbocycles. The van der Waals surface area contributed by atoms with E-state index in [0.717, 1.165) is 0 Å². The number of nitrogens with two attached hydrogens (primary N) is 1. The van der Waals surface area contributed by atoms with Gasteiger partial charge in [-0.05, 0) is 0 Å². The van der Waals surface area contributed by atoms with Gasteiger partial charge in [0.15, 0.2) is 11.5 Å². The molecular weight excluding hydrogens is 208 g/mol. The second-order valence-corrected chi connectivity index (χ2v) is 3.63. The maximum absolute atomic E-state index is 11.4. The van der Waals surface area contributed by atoms with E-state index in [1.54, 1.807) is 26.0 Å². The fraction of sp³-hybridized carbons (Fsp3) is 0.333. The van der Waals surface area contributed by atoms with Crippen LogP contribution in [0.15, 0.2) is 11.0 Å². The molecule has 0 radical (unpaired) electrons.